The fraction of sp³-hybridized carbons (Fsp3) is 0.333. The van der Waals surface area contributed by atoms with Crippen molar-refractivity contribution >= 4 is 11.6 Å². The highest BCUT2D eigenvalue weighted by Gasteiger charge is 2.23. The summed E-state index contributed by atoms with van der Waals surface area (Å²) in [7, 11) is 0. The van der Waals surface area contributed by atoms with Crippen molar-refractivity contribution in [2.75, 3.05) is 18.4 Å². The summed E-state index contributed by atoms with van der Waals surface area (Å²) >= 11 is 0. The maximum atomic E-state index is 13.2. The number of halogens is 1. The first kappa shape index (κ1) is 18.9. The molecule has 1 amide bonds. The van der Waals surface area contributed by atoms with Gasteiger partial charge in [0.2, 0.25) is 5.91 Å². The van der Waals surface area contributed by atoms with E-state index in [4.69, 9.17) is 11.0 Å². The van der Waals surface area contributed by atoms with Crippen molar-refractivity contribution in [3.63, 3.8) is 0 Å². The number of benzene rings is 2. The summed E-state index contributed by atoms with van der Waals surface area (Å²) in [5, 5.41) is 12.3. The number of nitrogens with zero attached hydrogens (tertiary/aromatic N) is 2. The molecule has 1 aliphatic heterocycles. The van der Waals surface area contributed by atoms with Crippen LogP contribution < -0.4 is 11.1 Å². The lowest BCUT2D eigenvalue weighted by atomic mass is 9.97. The lowest BCUT2D eigenvalue weighted by molar-refractivity contribution is -0.123. The molecule has 0 spiro atoms. The third kappa shape index (κ3) is 5.05. The minimum Gasteiger partial charge on any atom is -0.380 e. The van der Waals surface area contributed by atoms with Gasteiger partial charge in [-0.15, -0.1) is 0 Å². The molecule has 1 aliphatic rings. The van der Waals surface area contributed by atoms with Crippen molar-refractivity contribution in [3.8, 4) is 6.07 Å². The first-order valence-electron chi connectivity index (χ1n) is 9.08. The summed E-state index contributed by atoms with van der Waals surface area (Å²) in [6.45, 7) is 2.99. The molecule has 6 heteroatoms. The van der Waals surface area contributed by atoms with Gasteiger partial charge in [-0.25, -0.2) is 4.39 Å². The predicted molar refractivity (Wildman–Crippen MR) is 102 cm³/mol. The molecule has 2 aromatic rings. The van der Waals surface area contributed by atoms with Gasteiger partial charge in [0.25, 0.3) is 0 Å². The first-order chi connectivity index (χ1) is 13.0. The van der Waals surface area contributed by atoms with Crippen LogP contribution in [0.15, 0.2) is 42.5 Å². The second-order valence-electron chi connectivity index (χ2n) is 6.95. The Morgan fingerprint density at radius 2 is 2.11 bits per heavy atom. The molecule has 5 nitrogen and oxygen atoms in total. The number of primary amides is 1. The van der Waals surface area contributed by atoms with E-state index in [-0.39, 0.29) is 17.4 Å². The maximum absolute atomic E-state index is 13.2. The molecule has 0 saturated carbocycles. The normalized spacial score (nSPS) is 17.3. The average molecular weight is 366 g/mol. The Kier molecular flexibility index (Phi) is 6.05. The third-order valence-electron chi connectivity index (χ3n) is 4.89. The van der Waals surface area contributed by atoms with E-state index in [1.54, 1.807) is 6.07 Å². The second kappa shape index (κ2) is 8.65. The van der Waals surface area contributed by atoms with Crippen molar-refractivity contribution in [1.82, 2.24) is 4.90 Å². The van der Waals surface area contributed by atoms with Crippen LogP contribution in [0.4, 0.5) is 10.1 Å². The number of rotatable bonds is 6. The molecule has 0 aromatic heterocycles. The topological polar surface area (TPSA) is 82.2 Å². The highest BCUT2D eigenvalue weighted by atomic mass is 19.1. The first-order valence-corrected chi connectivity index (χ1v) is 9.08. The van der Waals surface area contributed by atoms with Gasteiger partial charge in [-0.3, -0.25) is 9.69 Å². The molecule has 1 fully saturated rings. The van der Waals surface area contributed by atoms with Crippen LogP contribution in [0.5, 0.6) is 0 Å². The predicted octanol–water partition coefficient (Wildman–Crippen LogP) is 3.01. The van der Waals surface area contributed by atoms with Gasteiger partial charge < -0.3 is 11.1 Å². The fourth-order valence-corrected chi connectivity index (χ4v) is 3.49. The zero-order chi connectivity index (χ0) is 19.2. The minimum atomic E-state index is -0.421. The quantitative estimate of drug-likeness (QED) is 0.823. The Morgan fingerprint density at radius 3 is 2.89 bits per heavy atom. The number of likely N-dealkylation sites (tertiary alicyclic amines) is 1. The number of amides is 1. The highest BCUT2D eigenvalue weighted by molar-refractivity contribution is 5.76. The van der Waals surface area contributed by atoms with E-state index in [1.165, 1.54) is 17.7 Å². The van der Waals surface area contributed by atoms with Crippen LogP contribution in [0, 0.1) is 23.1 Å². The van der Waals surface area contributed by atoms with E-state index < -0.39 is 5.82 Å². The Balaban J connectivity index is 1.62. The van der Waals surface area contributed by atoms with Gasteiger partial charge >= 0.3 is 0 Å². The van der Waals surface area contributed by atoms with Crippen LogP contribution in [0.3, 0.4) is 0 Å². The number of nitriles is 1. The number of carbonyl (C=O) groups excluding carboxylic acids is 1. The molecule has 1 saturated heterocycles. The summed E-state index contributed by atoms with van der Waals surface area (Å²) in [4.78, 5) is 13.7. The second-order valence-corrected chi connectivity index (χ2v) is 6.95. The molecule has 2 aromatic carbocycles. The van der Waals surface area contributed by atoms with E-state index >= 15 is 0 Å². The van der Waals surface area contributed by atoms with Gasteiger partial charge in [-0.1, -0.05) is 24.3 Å². The number of hydrogen-bond donors (Lipinski definition) is 2. The van der Waals surface area contributed by atoms with Gasteiger partial charge in [0.15, 0.2) is 0 Å². The van der Waals surface area contributed by atoms with E-state index in [0.717, 1.165) is 31.5 Å². The molecule has 27 heavy (non-hydrogen) atoms. The van der Waals surface area contributed by atoms with Crippen molar-refractivity contribution < 1.29 is 9.18 Å². The van der Waals surface area contributed by atoms with Crippen LogP contribution in [0.1, 0.15) is 29.5 Å². The van der Waals surface area contributed by atoms with Crippen LogP contribution in [0.2, 0.25) is 0 Å². The minimum absolute atomic E-state index is 0.0634. The number of piperidine rings is 1. The molecular weight excluding hydrogens is 343 g/mol. The molecule has 1 atom stereocenters. The Bertz CT molecular complexity index is 862. The van der Waals surface area contributed by atoms with Gasteiger partial charge in [-0.2, -0.15) is 5.26 Å². The lowest BCUT2D eigenvalue weighted by Gasteiger charge is -2.31. The van der Waals surface area contributed by atoms with Crippen molar-refractivity contribution in [1.29, 1.82) is 5.26 Å². The van der Waals surface area contributed by atoms with Gasteiger partial charge in [0, 0.05) is 19.6 Å². The molecular formula is C21H23FN4O. The molecule has 1 heterocycles. The molecule has 0 radical (unpaired) electrons. The monoisotopic (exact) mass is 366 g/mol. The summed E-state index contributed by atoms with van der Waals surface area (Å²) in [6, 6.07) is 14.3. The molecule has 0 aliphatic carbocycles. The molecule has 3 rings (SSSR count). The van der Waals surface area contributed by atoms with Crippen molar-refractivity contribution in [2.45, 2.75) is 25.9 Å². The van der Waals surface area contributed by atoms with Gasteiger partial charge in [0.1, 0.15) is 11.9 Å². The Labute approximate surface area is 158 Å². The number of carbonyl (C=O) groups is 1. The smallest absolute Gasteiger partial charge is 0.221 e. The van der Waals surface area contributed by atoms with Crippen molar-refractivity contribution in [3.05, 3.63) is 65.0 Å². The standard InChI is InChI=1S/C21H23FN4O/c22-19-6-7-20(18(10-19)11-23)25-12-15-3-1-4-16(9-15)13-26-8-2-5-17(14-26)21(24)27/h1,3-4,6-7,9-10,17,25H,2,5,8,12-14H2,(H2,24,27). The SMILES string of the molecule is N#Cc1cc(F)ccc1NCc1cccc(CN2CCCC(C(N)=O)C2)c1. The van der Waals surface area contributed by atoms with E-state index in [1.807, 2.05) is 18.2 Å². The zero-order valence-electron chi connectivity index (χ0n) is 15.1. The van der Waals surface area contributed by atoms with E-state index in [0.29, 0.717) is 18.8 Å². The van der Waals surface area contributed by atoms with Crippen LogP contribution >= 0.6 is 0 Å². The summed E-state index contributed by atoms with van der Waals surface area (Å²) in [5.41, 5.74) is 8.60. The molecule has 140 valence electrons. The third-order valence-corrected chi connectivity index (χ3v) is 4.89. The zero-order valence-corrected chi connectivity index (χ0v) is 15.1. The largest absolute Gasteiger partial charge is 0.380 e. The van der Waals surface area contributed by atoms with Gasteiger partial charge in [-0.05, 0) is 48.7 Å². The van der Waals surface area contributed by atoms with Crippen molar-refractivity contribution in [2.24, 2.45) is 11.7 Å². The summed E-state index contributed by atoms with van der Waals surface area (Å²) in [6.07, 6.45) is 1.85. The summed E-state index contributed by atoms with van der Waals surface area (Å²) < 4.78 is 13.2. The average Bonchev–Trinajstić information content (AvgIpc) is 2.67. The fourth-order valence-electron chi connectivity index (χ4n) is 3.49. The van der Waals surface area contributed by atoms with E-state index in [2.05, 4.69) is 22.3 Å². The Morgan fingerprint density at radius 1 is 1.30 bits per heavy atom. The highest BCUT2D eigenvalue weighted by Crippen LogP contribution is 2.20. The Hall–Kier alpha value is -2.91. The van der Waals surface area contributed by atoms with Crippen LogP contribution in [-0.4, -0.2) is 23.9 Å². The molecule has 1 unspecified atom stereocenters. The number of nitrogens with one attached hydrogen (secondary N) is 1. The molecule has 3 N–H and O–H groups in total. The maximum Gasteiger partial charge on any atom is 0.221 e. The number of nitrogens with two attached hydrogens (primary N) is 1. The molecule has 0 bridgehead atoms. The number of anilines is 1. The summed E-state index contributed by atoms with van der Waals surface area (Å²) in [5.74, 6) is -0.702. The number of hydrogen-bond acceptors (Lipinski definition) is 4. The lowest BCUT2D eigenvalue weighted by Crippen LogP contribution is -2.40. The van der Waals surface area contributed by atoms with Crippen LogP contribution in [-0.2, 0) is 17.9 Å². The van der Waals surface area contributed by atoms with Gasteiger partial charge in [0.05, 0.1) is 17.2 Å². The van der Waals surface area contributed by atoms with E-state index in [9.17, 15) is 9.18 Å². The van der Waals surface area contributed by atoms with Crippen LogP contribution in [0.25, 0.3) is 0 Å².